The molecule has 13 heteroatoms. The van der Waals surface area contributed by atoms with Crippen molar-refractivity contribution < 1.29 is 33.4 Å². The van der Waals surface area contributed by atoms with Gasteiger partial charge in [-0.2, -0.15) is 0 Å². The van der Waals surface area contributed by atoms with E-state index in [-0.39, 0.29) is 55.2 Å². The van der Waals surface area contributed by atoms with Crippen molar-refractivity contribution in [2.45, 2.75) is 44.8 Å². The third kappa shape index (κ3) is 5.89. The summed E-state index contributed by atoms with van der Waals surface area (Å²) in [5.41, 5.74) is 3.75. The van der Waals surface area contributed by atoms with Crippen LogP contribution in [0.4, 0.5) is 0 Å². The van der Waals surface area contributed by atoms with Gasteiger partial charge in [-0.3, -0.25) is 14.4 Å². The Balaban J connectivity index is 1.33. The molecule has 0 unspecified atom stereocenters. The molecule has 43 heavy (non-hydrogen) atoms. The van der Waals surface area contributed by atoms with Gasteiger partial charge >= 0.3 is 0 Å². The van der Waals surface area contributed by atoms with Crippen LogP contribution < -0.4 is 20.1 Å². The van der Waals surface area contributed by atoms with E-state index in [0.717, 1.165) is 5.56 Å². The Morgan fingerprint density at radius 1 is 1.19 bits per heavy atom. The third-order valence-corrected chi connectivity index (χ3v) is 8.12. The first-order valence-corrected chi connectivity index (χ1v) is 14.6. The Morgan fingerprint density at radius 3 is 2.84 bits per heavy atom. The first-order chi connectivity index (χ1) is 20.8. The van der Waals surface area contributed by atoms with Crippen molar-refractivity contribution in [1.82, 2.24) is 25.5 Å². The zero-order valence-electron chi connectivity index (χ0n) is 23.5. The summed E-state index contributed by atoms with van der Waals surface area (Å²) in [4.78, 5) is 49.8. The van der Waals surface area contributed by atoms with E-state index in [2.05, 4.69) is 20.6 Å². The molecule has 4 heterocycles. The number of nitrogens with one attached hydrogen (secondary N) is 2. The third-order valence-electron chi connectivity index (χ3n) is 7.53. The van der Waals surface area contributed by atoms with E-state index >= 15 is 0 Å². The smallest absolute Gasteiger partial charge is 0.271 e. The second-order valence-electron chi connectivity index (χ2n) is 10.4. The molecule has 2 aliphatic rings. The predicted molar refractivity (Wildman–Crippen MR) is 155 cm³/mol. The maximum Gasteiger partial charge on any atom is 0.271 e. The minimum absolute atomic E-state index is 0.0823. The molecule has 2 aliphatic heterocycles. The molecule has 0 saturated carbocycles. The van der Waals surface area contributed by atoms with Gasteiger partial charge in [0, 0.05) is 30.0 Å². The van der Waals surface area contributed by atoms with Gasteiger partial charge < -0.3 is 34.5 Å². The van der Waals surface area contributed by atoms with Crippen molar-refractivity contribution in [1.29, 1.82) is 0 Å². The first kappa shape index (κ1) is 28.2. The van der Waals surface area contributed by atoms with Gasteiger partial charge in [0.2, 0.25) is 17.7 Å². The number of rotatable bonds is 3. The Morgan fingerprint density at radius 2 is 2.05 bits per heavy atom. The van der Waals surface area contributed by atoms with E-state index in [9.17, 15) is 19.5 Å². The molecule has 0 radical (unpaired) electrons. The second kappa shape index (κ2) is 11.8. The van der Waals surface area contributed by atoms with Crippen LogP contribution in [0.1, 0.15) is 40.3 Å². The van der Waals surface area contributed by atoms with Gasteiger partial charge in [-0.1, -0.05) is 6.07 Å². The number of ether oxygens (including phenoxy) is 2. The van der Waals surface area contributed by atoms with Crippen LogP contribution in [-0.4, -0.2) is 63.4 Å². The van der Waals surface area contributed by atoms with Crippen LogP contribution >= 0.6 is 11.3 Å². The van der Waals surface area contributed by atoms with Gasteiger partial charge in [0.15, 0.2) is 23.0 Å². The highest BCUT2D eigenvalue weighted by atomic mass is 32.1. The van der Waals surface area contributed by atoms with Crippen LogP contribution in [0.2, 0.25) is 0 Å². The molecule has 6 bridgehead atoms. The summed E-state index contributed by atoms with van der Waals surface area (Å²) in [6.07, 6.45) is 0.692. The van der Waals surface area contributed by atoms with Gasteiger partial charge in [-0.15, -0.1) is 11.3 Å². The Labute approximate surface area is 250 Å². The van der Waals surface area contributed by atoms with Crippen molar-refractivity contribution in [2.75, 3.05) is 13.7 Å². The quantitative estimate of drug-likeness (QED) is 0.319. The summed E-state index contributed by atoms with van der Waals surface area (Å²) in [6.45, 7) is 2.01. The maximum absolute atomic E-state index is 13.5. The lowest BCUT2D eigenvalue weighted by Crippen LogP contribution is -2.46. The van der Waals surface area contributed by atoms with Crippen LogP contribution in [-0.2, 0) is 22.6 Å². The molecule has 0 spiro atoms. The number of aromatic hydroxyl groups is 1. The molecule has 2 atom stereocenters. The summed E-state index contributed by atoms with van der Waals surface area (Å²) in [7, 11) is 1.51. The minimum Gasteiger partial charge on any atom is -0.504 e. The van der Waals surface area contributed by atoms with E-state index in [1.54, 1.807) is 48.1 Å². The molecule has 3 N–H and O–H groups in total. The number of thiazole rings is 1. The lowest BCUT2D eigenvalue weighted by Gasteiger charge is -2.24. The summed E-state index contributed by atoms with van der Waals surface area (Å²) in [5.74, 6) is 0.766. The van der Waals surface area contributed by atoms with Crippen LogP contribution in [0.25, 0.3) is 11.5 Å². The molecular weight excluding hydrogens is 574 g/mol. The molecule has 3 amide bonds. The van der Waals surface area contributed by atoms with Gasteiger partial charge in [0.25, 0.3) is 5.91 Å². The number of phenols is 1. The lowest BCUT2D eigenvalue weighted by atomic mass is 10.1. The number of nitrogens with zero attached hydrogens (tertiary/aromatic N) is 3. The number of aromatic nitrogens is 2. The number of hydrogen-bond acceptors (Lipinski definition) is 10. The van der Waals surface area contributed by atoms with Gasteiger partial charge in [-0.25, -0.2) is 9.97 Å². The Kier molecular flexibility index (Phi) is 7.72. The average Bonchev–Trinajstić information content (AvgIpc) is 3.76. The highest BCUT2D eigenvalue weighted by Gasteiger charge is 2.40. The fourth-order valence-corrected chi connectivity index (χ4v) is 5.78. The molecule has 2 aromatic carbocycles. The lowest BCUT2D eigenvalue weighted by molar-refractivity contribution is -0.138. The molecule has 1 saturated heterocycles. The second-order valence-corrected chi connectivity index (χ2v) is 11.1. The zero-order chi connectivity index (χ0) is 30.1. The number of aryl methyl sites for hydroxylation is 2. The molecule has 4 aromatic rings. The summed E-state index contributed by atoms with van der Waals surface area (Å²) < 4.78 is 17.5. The number of fused-ring (bicyclic) bond motifs is 8. The molecule has 1 fully saturated rings. The van der Waals surface area contributed by atoms with E-state index in [4.69, 9.17) is 13.9 Å². The van der Waals surface area contributed by atoms with Gasteiger partial charge in [0.05, 0.1) is 19.2 Å². The number of amides is 3. The summed E-state index contributed by atoms with van der Waals surface area (Å²) in [5, 5.41) is 18.0. The van der Waals surface area contributed by atoms with E-state index in [0.29, 0.717) is 46.5 Å². The monoisotopic (exact) mass is 603 g/mol. The number of carbonyl (C=O) groups is 3. The molecule has 2 aromatic heterocycles. The highest BCUT2D eigenvalue weighted by Crippen LogP contribution is 2.39. The van der Waals surface area contributed by atoms with Crippen LogP contribution in [0.3, 0.4) is 0 Å². The molecule has 0 aliphatic carbocycles. The van der Waals surface area contributed by atoms with Gasteiger partial charge in [0.1, 0.15) is 23.2 Å². The topological polar surface area (TPSA) is 156 Å². The molecular formula is C30H29N5O7S. The number of hydrogen-bond donors (Lipinski definition) is 3. The number of methoxy groups -OCH3 is 1. The van der Waals surface area contributed by atoms with Crippen molar-refractivity contribution in [3.05, 3.63) is 70.0 Å². The minimum atomic E-state index is -0.790. The van der Waals surface area contributed by atoms with Crippen molar-refractivity contribution in [3.8, 4) is 34.5 Å². The summed E-state index contributed by atoms with van der Waals surface area (Å²) >= 11 is 1.31. The first-order valence-electron chi connectivity index (χ1n) is 13.7. The van der Waals surface area contributed by atoms with Crippen LogP contribution in [0, 0.1) is 6.92 Å². The number of oxazole rings is 1. The molecule has 222 valence electrons. The highest BCUT2D eigenvalue weighted by molar-refractivity contribution is 7.07. The predicted octanol–water partition coefficient (Wildman–Crippen LogP) is 3.57. The fraction of sp³-hybridized carbons (Fsp3) is 0.300. The van der Waals surface area contributed by atoms with Crippen molar-refractivity contribution in [2.24, 2.45) is 0 Å². The number of carbonyl (C=O) groups excluding carboxylic acids is 3. The maximum atomic E-state index is 13.5. The molecule has 6 rings (SSSR count). The normalized spacial score (nSPS) is 18.6. The van der Waals surface area contributed by atoms with Crippen LogP contribution in [0.15, 0.2) is 51.7 Å². The van der Waals surface area contributed by atoms with E-state index in [1.165, 1.54) is 29.4 Å². The standard InChI is InChI=1S/C30H29N5O7S/c1-16-20-12-31-29(39)22-11-19(33-28(38)21-14-43-15-32-21)13-35(22)27(37)8-4-17-3-6-23(36)25(9-17)42-26-10-18(30(34-20)41-16)5-7-24(26)40-2/h3,5-7,9-10,14-15,19,22,36H,4,8,11-13H2,1-2H3,(H,31,39)(H,33,38)/t19-,22-/m0/s1. The largest absolute Gasteiger partial charge is 0.504 e. The van der Waals surface area contributed by atoms with E-state index in [1.807, 2.05) is 0 Å². The van der Waals surface area contributed by atoms with E-state index < -0.39 is 12.1 Å². The zero-order valence-corrected chi connectivity index (χ0v) is 24.3. The summed E-state index contributed by atoms with van der Waals surface area (Å²) in [6, 6.07) is 8.84. The fourth-order valence-electron chi connectivity index (χ4n) is 5.25. The Hall–Kier alpha value is -4.91. The number of phenolic OH excluding ortho intramolecular Hbond substituents is 1. The van der Waals surface area contributed by atoms with Crippen molar-refractivity contribution >= 4 is 29.1 Å². The SMILES string of the molecule is COc1ccc2cc1Oc1cc(ccc1O)CCC(=O)N1C[C@@H](NC(=O)c3cscn3)C[C@H]1C(=O)NCc1nc-2oc1C. The Bertz CT molecular complexity index is 1690. The average molecular weight is 604 g/mol. The van der Waals surface area contributed by atoms with Crippen molar-refractivity contribution in [3.63, 3.8) is 0 Å². The molecule has 12 nitrogen and oxygen atoms in total. The van der Waals surface area contributed by atoms with Gasteiger partial charge in [-0.05, 0) is 55.7 Å². The van der Waals surface area contributed by atoms with Crippen LogP contribution in [0.5, 0.6) is 23.0 Å². The number of benzene rings is 2.